The van der Waals surface area contributed by atoms with Gasteiger partial charge in [-0.25, -0.2) is 0 Å². The third-order valence-corrected chi connectivity index (χ3v) is 21.8. The first-order valence-electron chi connectivity index (χ1n) is 45.0. The lowest BCUT2D eigenvalue weighted by Crippen LogP contribution is -2.66. The number of carbonyl (C=O) groups excluding carboxylic acids is 1. The number of rotatable bonds is 72. The summed E-state index contributed by atoms with van der Waals surface area (Å²) < 4.78 is 34.5. The van der Waals surface area contributed by atoms with Crippen LogP contribution in [-0.4, -0.2) is 193 Å². The standard InChI is InChI=1S/C92H163NO18/c1-3-5-7-9-11-13-15-17-19-21-23-25-27-29-31-33-34-35-36-37-38-39-40-42-44-46-48-50-52-54-56-58-60-62-64-66-68-70-80(98)93-75(76(97)69-67-65-63-61-59-57-55-53-51-49-47-45-43-41-32-30-28-26-24-22-20-18-16-14-12-10-8-6-4-2)74-106-90-86(104)83(101)88(78(72-95)108-90)111-92-87(105)84(102)89(79(73-96)109-92)110-91-85(103)82(100)81(99)77(71-94)107-91/h5,7,11,13,17,19,23,25,29,31,51,53,59,61,67,69,75-79,81-92,94-97,99-105H,3-4,6,8-10,12,14-16,18,20-22,24,26-28,30,32-50,52,54-58,60,62-66,68,70-74H2,1-2H3,(H,93,98)/b7-5-,13-11-,19-17-,25-23-,31-29-,53-51+,61-59+,69-67+. The molecule has 1 amide bonds. The molecule has 0 bridgehead atoms. The Labute approximate surface area is 673 Å². The van der Waals surface area contributed by atoms with Gasteiger partial charge in [-0.3, -0.25) is 4.79 Å². The molecule has 0 aromatic rings. The molecule has 12 N–H and O–H groups in total. The van der Waals surface area contributed by atoms with Crippen molar-refractivity contribution in [3.05, 3.63) is 97.2 Å². The van der Waals surface area contributed by atoms with Crippen molar-refractivity contribution in [1.29, 1.82) is 0 Å². The highest BCUT2D eigenvalue weighted by molar-refractivity contribution is 5.76. The van der Waals surface area contributed by atoms with Gasteiger partial charge in [0.25, 0.3) is 0 Å². The normalized spacial score (nSPS) is 25.5. The smallest absolute Gasteiger partial charge is 0.220 e. The summed E-state index contributed by atoms with van der Waals surface area (Å²) in [4.78, 5) is 13.5. The number of amides is 1. The van der Waals surface area contributed by atoms with Crippen LogP contribution in [-0.2, 0) is 33.2 Å². The third-order valence-electron chi connectivity index (χ3n) is 21.8. The largest absolute Gasteiger partial charge is 0.394 e. The van der Waals surface area contributed by atoms with Crippen molar-refractivity contribution in [3.63, 3.8) is 0 Å². The van der Waals surface area contributed by atoms with Gasteiger partial charge in [-0.2, -0.15) is 0 Å². The SMILES string of the molecule is CC/C=C\C/C=C\C/C=C\C/C=C\C/C=C\CCCCCCCCCCCCCCCCCCCCCCCC(=O)NC(COC1OC(CO)C(OC2OC(CO)C(OC3OC(CO)C(O)C(O)C3O)C(O)C2O)C(O)C1O)C(O)/C=C/CC/C=C/CC/C=C/CCCCCCCCCCCCCCCCCCCCC. The molecule has 0 spiro atoms. The minimum atomic E-state index is -1.99. The first kappa shape index (κ1) is 102. The Kier molecular flexibility index (Phi) is 65.1. The number of aliphatic hydroxyl groups is 11. The molecule has 3 fully saturated rings. The molecule has 19 heteroatoms. The Hall–Kier alpha value is -3.29. The minimum absolute atomic E-state index is 0.231. The quantitative estimate of drug-likeness (QED) is 0.0199. The zero-order valence-electron chi connectivity index (χ0n) is 69.4. The molecule has 0 aromatic carbocycles. The summed E-state index contributed by atoms with van der Waals surface area (Å²) in [6, 6.07) is -1.00. The number of hydrogen-bond donors (Lipinski definition) is 12. The van der Waals surface area contributed by atoms with Gasteiger partial charge < -0.3 is 89.9 Å². The predicted octanol–water partition coefficient (Wildman–Crippen LogP) is 17.1. The van der Waals surface area contributed by atoms with E-state index in [0.29, 0.717) is 12.8 Å². The van der Waals surface area contributed by atoms with Gasteiger partial charge in [-0.05, 0) is 89.9 Å². The monoisotopic (exact) mass is 1570 g/mol. The minimum Gasteiger partial charge on any atom is -0.394 e. The molecule has 3 aliphatic heterocycles. The van der Waals surface area contributed by atoms with Crippen molar-refractivity contribution >= 4 is 5.91 Å². The molecular formula is C92H163NO18. The number of ether oxygens (including phenoxy) is 6. The van der Waals surface area contributed by atoms with Crippen LogP contribution in [0.15, 0.2) is 97.2 Å². The first-order chi connectivity index (χ1) is 54.3. The summed E-state index contributed by atoms with van der Waals surface area (Å²) in [5, 5.41) is 121. The molecule has 3 aliphatic rings. The van der Waals surface area contributed by atoms with Crippen molar-refractivity contribution in [1.82, 2.24) is 5.32 Å². The molecule has 644 valence electrons. The number of hydrogen-bond acceptors (Lipinski definition) is 18. The lowest BCUT2D eigenvalue weighted by Gasteiger charge is -2.48. The van der Waals surface area contributed by atoms with E-state index in [0.717, 1.165) is 77.0 Å². The molecule has 3 saturated heterocycles. The van der Waals surface area contributed by atoms with Crippen LogP contribution in [0.4, 0.5) is 0 Å². The summed E-state index contributed by atoms with van der Waals surface area (Å²) >= 11 is 0. The highest BCUT2D eigenvalue weighted by Gasteiger charge is 2.54. The molecule has 0 aromatic heterocycles. The molecule has 111 heavy (non-hydrogen) atoms. The van der Waals surface area contributed by atoms with Crippen LogP contribution in [0.5, 0.6) is 0 Å². The fourth-order valence-corrected chi connectivity index (χ4v) is 14.7. The average Bonchev–Trinajstić information content (AvgIpc) is 0.779. The molecule has 3 rings (SSSR count). The maximum Gasteiger partial charge on any atom is 0.220 e. The molecule has 17 unspecified atom stereocenters. The fourth-order valence-electron chi connectivity index (χ4n) is 14.7. The Morgan fingerprint density at radius 3 is 1.01 bits per heavy atom. The highest BCUT2D eigenvalue weighted by atomic mass is 16.8. The lowest BCUT2D eigenvalue weighted by molar-refractivity contribution is -0.379. The summed E-state index contributed by atoms with van der Waals surface area (Å²) in [5.74, 6) is -0.286. The number of nitrogens with one attached hydrogen (secondary N) is 1. The van der Waals surface area contributed by atoms with E-state index >= 15 is 0 Å². The van der Waals surface area contributed by atoms with Crippen LogP contribution >= 0.6 is 0 Å². The Morgan fingerprint density at radius 2 is 0.631 bits per heavy atom. The van der Waals surface area contributed by atoms with Gasteiger partial charge in [0.15, 0.2) is 18.9 Å². The lowest BCUT2D eigenvalue weighted by atomic mass is 9.96. The van der Waals surface area contributed by atoms with Crippen LogP contribution in [0, 0.1) is 0 Å². The van der Waals surface area contributed by atoms with Crippen molar-refractivity contribution in [2.75, 3.05) is 26.4 Å². The molecule has 19 nitrogen and oxygen atoms in total. The second-order valence-corrected chi connectivity index (χ2v) is 31.7. The van der Waals surface area contributed by atoms with Gasteiger partial charge >= 0.3 is 0 Å². The van der Waals surface area contributed by atoms with E-state index in [1.165, 1.54) is 238 Å². The van der Waals surface area contributed by atoms with E-state index in [4.69, 9.17) is 28.4 Å². The highest BCUT2D eigenvalue weighted by Crippen LogP contribution is 2.33. The Bertz CT molecular complexity index is 2380. The van der Waals surface area contributed by atoms with E-state index in [-0.39, 0.29) is 18.9 Å². The van der Waals surface area contributed by atoms with Crippen LogP contribution in [0.3, 0.4) is 0 Å². The molecular weight excluding hydrogens is 1410 g/mol. The van der Waals surface area contributed by atoms with Crippen molar-refractivity contribution in [2.45, 2.75) is 452 Å². The fraction of sp³-hybridized carbons (Fsp3) is 0.815. The predicted molar refractivity (Wildman–Crippen MR) is 447 cm³/mol. The number of unbranched alkanes of at least 4 members (excludes halogenated alkanes) is 42. The van der Waals surface area contributed by atoms with Crippen molar-refractivity contribution in [3.8, 4) is 0 Å². The van der Waals surface area contributed by atoms with Gasteiger partial charge in [-0.1, -0.05) is 349 Å². The third kappa shape index (κ3) is 49.5. The van der Waals surface area contributed by atoms with Gasteiger partial charge in [0, 0.05) is 6.42 Å². The zero-order chi connectivity index (χ0) is 80.3. The maximum absolute atomic E-state index is 13.5. The molecule has 0 aliphatic carbocycles. The van der Waals surface area contributed by atoms with E-state index in [1.54, 1.807) is 6.08 Å². The Morgan fingerprint density at radius 1 is 0.333 bits per heavy atom. The Balaban J connectivity index is 1.33. The van der Waals surface area contributed by atoms with Gasteiger partial charge in [-0.15, -0.1) is 0 Å². The van der Waals surface area contributed by atoms with Crippen LogP contribution in [0.25, 0.3) is 0 Å². The van der Waals surface area contributed by atoms with E-state index in [2.05, 4.69) is 104 Å². The van der Waals surface area contributed by atoms with Crippen LogP contribution < -0.4 is 5.32 Å². The van der Waals surface area contributed by atoms with Crippen molar-refractivity contribution in [2.24, 2.45) is 0 Å². The summed E-state index contributed by atoms with van der Waals surface area (Å²) in [7, 11) is 0. The van der Waals surface area contributed by atoms with Gasteiger partial charge in [0.05, 0.1) is 38.6 Å². The second kappa shape index (κ2) is 70.9. The van der Waals surface area contributed by atoms with Gasteiger partial charge in [0.2, 0.25) is 5.91 Å². The second-order valence-electron chi connectivity index (χ2n) is 31.7. The first-order valence-corrected chi connectivity index (χ1v) is 45.0. The number of allylic oxidation sites excluding steroid dienone is 15. The average molecular weight is 1570 g/mol. The number of carbonyl (C=O) groups is 1. The summed E-state index contributed by atoms with van der Waals surface area (Å²) in [6.45, 7) is 1.64. The topological polar surface area (TPSA) is 307 Å². The van der Waals surface area contributed by atoms with Gasteiger partial charge in [0.1, 0.15) is 73.2 Å². The summed E-state index contributed by atoms with van der Waals surface area (Å²) in [5.41, 5.74) is 0. The summed E-state index contributed by atoms with van der Waals surface area (Å²) in [6.07, 6.45) is 71.3. The molecule has 0 radical (unpaired) electrons. The zero-order valence-corrected chi connectivity index (χ0v) is 69.4. The van der Waals surface area contributed by atoms with Crippen LogP contribution in [0.2, 0.25) is 0 Å². The van der Waals surface area contributed by atoms with Crippen molar-refractivity contribution < 1.29 is 89.4 Å². The number of aliphatic hydroxyl groups excluding tert-OH is 11. The molecule has 0 saturated carbocycles. The molecule has 17 atom stereocenters. The van der Waals surface area contributed by atoms with Crippen LogP contribution in [0.1, 0.15) is 348 Å². The van der Waals surface area contributed by atoms with E-state index in [9.17, 15) is 61.0 Å². The molecule has 3 heterocycles. The maximum atomic E-state index is 13.5. The van der Waals surface area contributed by atoms with E-state index in [1.807, 2.05) is 6.08 Å². The van der Waals surface area contributed by atoms with E-state index < -0.39 is 124 Å².